The van der Waals surface area contributed by atoms with Crippen LogP contribution in [0.2, 0.25) is 5.02 Å². The Balaban J connectivity index is 1.34. The Morgan fingerprint density at radius 3 is 2.45 bits per heavy atom. The van der Waals surface area contributed by atoms with Crippen LogP contribution in [0.4, 0.5) is 0 Å². The highest BCUT2D eigenvalue weighted by Crippen LogP contribution is 2.46. The molecule has 2 atom stereocenters. The van der Waals surface area contributed by atoms with Gasteiger partial charge >= 0.3 is 0 Å². The van der Waals surface area contributed by atoms with Crippen molar-refractivity contribution in [1.82, 2.24) is 9.80 Å². The molecule has 2 aromatic rings. The molecule has 0 spiro atoms. The minimum Gasteiger partial charge on any atom is -0.378 e. The third-order valence-electron chi connectivity index (χ3n) is 7.00. The van der Waals surface area contributed by atoms with Crippen LogP contribution in [0.15, 0.2) is 54.6 Å². The quantitative estimate of drug-likeness (QED) is 0.765. The molecule has 1 amide bonds. The van der Waals surface area contributed by atoms with Crippen LogP contribution in [0.25, 0.3) is 0 Å². The number of hydrogen-bond donors (Lipinski definition) is 0. The van der Waals surface area contributed by atoms with Crippen LogP contribution in [0.1, 0.15) is 36.4 Å². The minimum atomic E-state index is -0.360. The predicted molar refractivity (Wildman–Crippen MR) is 114 cm³/mol. The van der Waals surface area contributed by atoms with Gasteiger partial charge in [-0.05, 0) is 36.1 Å². The first-order chi connectivity index (χ1) is 14.2. The van der Waals surface area contributed by atoms with Crippen LogP contribution < -0.4 is 0 Å². The predicted octanol–water partition coefficient (Wildman–Crippen LogP) is 4.05. The normalized spacial score (nSPS) is 26.4. The van der Waals surface area contributed by atoms with Crippen LogP contribution in [-0.2, 0) is 14.9 Å². The van der Waals surface area contributed by atoms with Crippen molar-refractivity contribution in [3.63, 3.8) is 0 Å². The molecule has 2 saturated heterocycles. The summed E-state index contributed by atoms with van der Waals surface area (Å²) in [4.78, 5) is 18.3. The Labute approximate surface area is 177 Å². The van der Waals surface area contributed by atoms with Crippen LogP contribution in [0, 0.1) is 0 Å². The van der Waals surface area contributed by atoms with Crippen LogP contribution in [-0.4, -0.2) is 54.6 Å². The molecule has 1 aliphatic carbocycles. The lowest BCUT2D eigenvalue weighted by molar-refractivity contribution is -0.149. The summed E-state index contributed by atoms with van der Waals surface area (Å²) < 4.78 is 5.96. The summed E-state index contributed by atoms with van der Waals surface area (Å²) >= 11 is 6.08. The van der Waals surface area contributed by atoms with Crippen molar-refractivity contribution < 1.29 is 9.53 Å². The van der Waals surface area contributed by atoms with Crippen molar-refractivity contribution in [1.29, 1.82) is 0 Å². The molecule has 2 aromatic carbocycles. The third-order valence-corrected chi connectivity index (χ3v) is 7.25. The van der Waals surface area contributed by atoms with Gasteiger partial charge in [0.25, 0.3) is 0 Å². The molecule has 0 N–H and O–H groups in total. The van der Waals surface area contributed by atoms with Gasteiger partial charge < -0.3 is 9.64 Å². The number of rotatable bonds is 3. The molecule has 29 heavy (non-hydrogen) atoms. The molecule has 0 unspecified atom stereocenters. The Bertz CT molecular complexity index is 866. The van der Waals surface area contributed by atoms with E-state index in [1.807, 2.05) is 24.3 Å². The highest BCUT2D eigenvalue weighted by molar-refractivity contribution is 6.30. The second-order valence-electron chi connectivity index (χ2n) is 8.55. The molecule has 152 valence electrons. The second-order valence-corrected chi connectivity index (χ2v) is 8.99. The smallest absolute Gasteiger partial charge is 0.233 e. The fourth-order valence-electron chi connectivity index (χ4n) is 5.21. The van der Waals surface area contributed by atoms with E-state index in [4.69, 9.17) is 16.3 Å². The van der Waals surface area contributed by atoms with Gasteiger partial charge in [0.1, 0.15) is 0 Å². The number of fused-ring (bicyclic) bond motifs is 1. The van der Waals surface area contributed by atoms with Crippen molar-refractivity contribution in [2.75, 3.05) is 32.8 Å². The maximum atomic E-state index is 13.6. The summed E-state index contributed by atoms with van der Waals surface area (Å²) in [6.07, 6.45) is 2.97. The number of morpholine rings is 1. The summed E-state index contributed by atoms with van der Waals surface area (Å²) in [6, 6.07) is 19.0. The largest absolute Gasteiger partial charge is 0.378 e. The van der Waals surface area contributed by atoms with E-state index in [1.54, 1.807) is 0 Å². The number of carbonyl (C=O) groups is 1. The fraction of sp³-hybridized carbons (Fsp3) is 0.458. The standard InChI is InChI=1S/C24H27ClN2O2/c25-20-9-7-19(8-10-20)24(11-4-12-24)23(28)26-13-14-27-21(15-26)16-29-17-22(27)18-5-2-1-3-6-18/h1-3,5-10,21-22H,4,11-17H2/t21-,22-/m1/s1. The average Bonchev–Trinajstić information content (AvgIpc) is 2.74. The lowest BCUT2D eigenvalue weighted by Crippen LogP contribution is -2.63. The van der Waals surface area contributed by atoms with E-state index < -0.39 is 0 Å². The van der Waals surface area contributed by atoms with E-state index in [2.05, 4.69) is 40.1 Å². The number of carbonyl (C=O) groups excluding carboxylic acids is 1. The first kappa shape index (κ1) is 19.1. The average molecular weight is 411 g/mol. The van der Waals surface area contributed by atoms with Gasteiger partial charge in [-0.25, -0.2) is 0 Å². The zero-order chi connectivity index (χ0) is 19.8. The molecule has 3 fully saturated rings. The van der Waals surface area contributed by atoms with E-state index >= 15 is 0 Å². The molecule has 0 radical (unpaired) electrons. The third kappa shape index (κ3) is 3.37. The van der Waals surface area contributed by atoms with Crippen molar-refractivity contribution in [3.05, 3.63) is 70.7 Å². The SMILES string of the molecule is O=C(N1CCN2[C@@H](COC[C@@H]2c2ccccc2)C1)C1(c2ccc(Cl)cc2)CCC1. The first-order valence-electron chi connectivity index (χ1n) is 10.6. The Kier molecular flexibility index (Phi) is 5.10. The van der Waals surface area contributed by atoms with E-state index in [0.29, 0.717) is 6.61 Å². The highest BCUT2D eigenvalue weighted by Gasteiger charge is 2.49. The van der Waals surface area contributed by atoms with Gasteiger partial charge in [-0.15, -0.1) is 0 Å². The van der Waals surface area contributed by atoms with Crippen LogP contribution in [0.3, 0.4) is 0 Å². The van der Waals surface area contributed by atoms with E-state index in [1.165, 1.54) is 5.56 Å². The number of benzene rings is 2. The Morgan fingerprint density at radius 2 is 1.76 bits per heavy atom. The molecule has 5 heteroatoms. The molecular formula is C24H27ClN2O2. The Hall–Kier alpha value is -1.88. The number of nitrogens with zero attached hydrogens (tertiary/aromatic N) is 2. The van der Waals surface area contributed by atoms with E-state index in [-0.39, 0.29) is 23.4 Å². The number of ether oxygens (including phenoxy) is 1. The highest BCUT2D eigenvalue weighted by atomic mass is 35.5. The van der Waals surface area contributed by atoms with Crippen LogP contribution >= 0.6 is 11.6 Å². The fourth-order valence-corrected chi connectivity index (χ4v) is 5.34. The maximum Gasteiger partial charge on any atom is 0.233 e. The van der Waals surface area contributed by atoms with Gasteiger partial charge in [0.05, 0.1) is 30.7 Å². The number of hydrogen-bond acceptors (Lipinski definition) is 3. The van der Waals surface area contributed by atoms with Gasteiger partial charge in [0.2, 0.25) is 5.91 Å². The molecule has 2 aliphatic heterocycles. The van der Waals surface area contributed by atoms with Gasteiger partial charge in [0.15, 0.2) is 0 Å². The lowest BCUT2D eigenvalue weighted by atomic mass is 9.63. The van der Waals surface area contributed by atoms with Gasteiger partial charge in [0, 0.05) is 24.7 Å². The summed E-state index contributed by atoms with van der Waals surface area (Å²) in [5.41, 5.74) is 2.05. The summed E-state index contributed by atoms with van der Waals surface area (Å²) in [5.74, 6) is 0.285. The van der Waals surface area contributed by atoms with E-state index in [9.17, 15) is 4.79 Å². The molecular weight excluding hydrogens is 384 g/mol. The van der Waals surface area contributed by atoms with Gasteiger partial charge in [-0.1, -0.05) is 60.5 Å². The summed E-state index contributed by atoms with van der Waals surface area (Å²) in [5, 5.41) is 0.718. The molecule has 5 rings (SSSR count). The lowest BCUT2D eigenvalue weighted by Gasteiger charge is -2.51. The van der Waals surface area contributed by atoms with Crippen molar-refractivity contribution >= 4 is 17.5 Å². The van der Waals surface area contributed by atoms with Crippen molar-refractivity contribution in [3.8, 4) is 0 Å². The van der Waals surface area contributed by atoms with E-state index in [0.717, 1.165) is 56.1 Å². The number of piperazine rings is 1. The maximum absolute atomic E-state index is 13.6. The zero-order valence-electron chi connectivity index (χ0n) is 16.6. The number of halogens is 1. The minimum absolute atomic E-state index is 0.258. The molecule has 0 bridgehead atoms. The topological polar surface area (TPSA) is 32.8 Å². The molecule has 3 aliphatic rings. The first-order valence-corrected chi connectivity index (χ1v) is 11.0. The zero-order valence-corrected chi connectivity index (χ0v) is 17.4. The summed E-state index contributed by atoms with van der Waals surface area (Å²) in [6.45, 7) is 3.85. The Morgan fingerprint density at radius 1 is 1.00 bits per heavy atom. The van der Waals surface area contributed by atoms with Gasteiger partial charge in [-0.2, -0.15) is 0 Å². The molecule has 2 heterocycles. The van der Waals surface area contributed by atoms with Crippen molar-refractivity contribution in [2.24, 2.45) is 0 Å². The van der Waals surface area contributed by atoms with Crippen molar-refractivity contribution in [2.45, 2.75) is 36.8 Å². The van der Waals surface area contributed by atoms with Gasteiger partial charge in [-0.3, -0.25) is 9.69 Å². The molecule has 1 saturated carbocycles. The summed E-state index contributed by atoms with van der Waals surface area (Å²) in [7, 11) is 0. The monoisotopic (exact) mass is 410 g/mol. The molecule has 4 nitrogen and oxygen atoms in total. The second kappa shape index (κ2) is 7.75. The number of amides is 1. The van der Waals surface area contributed by atoms with Crippen LogP contribution in [0.5, 0.6) is 0 Å². The molecule has 0 aromatic heterocycles.